The first-order chi connectivity index (χ1) is 18.4. The summed E-state index contributed by atoms with van der Waals surface area (Å²) in [6, 6.07) is 10.9. The van der Waals surface area contributed by atoms with Gasteiger partial charge in [-0.1, -0.05) is 26.8 Å². The molecule has 0 aliphatic carbocycles. The number of benzene rings is 2. The fraction of sp³-hybridized carbons (Fsp3) is 0.552. The quantitative estimate of drug-likeness (QED) is 0.331. The van der Waals surface area contributed by atoms with Gasteiger partial charge in [0, 0.05) is 19.2 Å². The second kappa shape index (κ2) is 12.9. The van der Waals surface area contributed by atoms with Gasteiger partial charge < -0.3 is 24.6 Å². The summed E-state index contributed by atoms with van der Waals surface area (Å²) in [5.74, 6) is 0.417. The lowest BCUT2D eigenvalue weighted by Gasteiger charge is -2.36. The van der Waals surface area contributed by atoms with E-state index in [4.69, 9.17) is 9.47 Å². The number of phenolic OH excluding ortho intramolecular Hbond substituents is 1. The summed E-state index contributed by atoms with van der Waals surface area (Å²) in [5.41, 5.74) is 0.566. The first kappa shape index (κ1) is 30.6. The monoisotopic (exact) mass is 562 g/mol. The lowest BCUT2D eigenvalue weighted by atomic mass is 9.95. The van der Waals surface area contributed by atoms with Crippen molar-refractivity contribution in [3.8, 4) is 11.5 Å². The van der Waals surface area contributed by atoms with Crippen molar-refractivity contribution in [3.63, 3.8) is 0 Å². The molecule has 2 aromatic carbocycles. The van der Waals surface area contributed by atoms with Gasteiger partial charge in [-0.25, -0.2) is 13.2 Å². The van der Waals surface area contributed by atoms with Crippen molar-refractivity contribution in [2.45, 2.75) is 76.3 Å². The Bertz CT molecular complexity index is 1210. The largest absolute Gasteiger partial charge is 0.506 e. The van der Waals surface area contributed by atoms with Crippen LogP contribution in [0.3, 0.4) is 0 Å². The van der Waals surface area contributed by atoms with Crippen molar-refractivity contribution >= 4 is 21.8 Å². The number of methoxy groups -OCH3 is 1. The number of phenols is 1. The lowest BCUT2D eigenvalue weighted by molar-refractivity contribution is -0.0294. The van der Waals surface area contributed by atoms with Gasteiger partial charge >= 0.3 is 6.09 Å². The molecule has 1 amide bonds. The van der Waals surface area contributed by atoms with Crippen molar-refractivity contribution in [1.82, 2.24) is 4.90 Å². The summed E-state index contributed by atoms with van der Waals surface area (Å²) in [6.07, 6.45) is 2.63. The number of aromatic hydroxyl groups is 1. The minimum atomic E-state index is -3.94. The Morgan fingerprint density at radius 3 is 2.36 bits per heavy atom. The highest BCUT2D eigenvalue weighted by Crippen LogP contribution is 2.35. The Balaban J connectivity index is 1.78. The maximum Gasteiger partial charge on any atom is 0.407 e. The molecule has 1 heterocycles. The Hall–Kier alpha value is -2.98. The molecule has 0 saturated carbocycles. The van der Waals surface area contributed by atoms with Crippen LogP contribution in [0.25, 0.3) is 0 Å². The number of rotatable bonds is 13. The van der Waals surface area contributed by atoms with Crippen molar-refractivity contribution < 1.29 is 32.9 Å². The molecule has 1 fully saturated rings. The highest BCUT2D eigenvalue weighted by atomic mass is 32.2. The van der Waals surface area contributed by atoms with Crippen molar-refractivity contribution in [2.24, 2.45) is 5.92 Å². The Kier molecular flexibility index (Phi) is 10.1. The number of anilines is 1. The minimum absolute atomic E-state index is 0.00946. The molecule has 0 bridgehead atoms. The highest BCUT2D eigenvalue weighted by Gasteiger charge is 2.38. The van der Waals surface area contributed by atoms with Crippen LogP contribution in [0.2, 0.25) is 0 Å². The summed E-state index contributed by atoms with van der Waals surface area (Å²) < 4.78 is 39.4. The van der Waals surface area contributed by atoms with E-state index in [-0.39, 0.29) is 34.8 Å². The molecular weight excluding hydrogens is 520 g/mol. The van der Waals surface area contributed by atoms with E-state index in [1.54, 1.807) is 30.3 Å². The van der Waals surface area contributed by atoms with E-state index in [1.807, 2.05) is 27.7 Å². The van der Waals surface area contributed by atoms with Crippen molar-refractivity contribution in [1.29, 1.82) is 0 Å². The number of hydrogen-bond acceptors (Lipinski definition) is 6. The average Bonchev–Trinajstić information content (AvgIpc) is 3.38. The van der Waals surface area contributed by atoms with Crippen LogP contribution in [0.4, 0.5) is 10.5 Å². The first-order valence-corrected chi connectivity index (χ1v) is 15.0. The zero-order chi connectivity index (χ0) is 28.8. The fourth-order valence-electron chi connectivity index (χ4n) is 4.99. The third-order valence-corrected chi connectivity index (χ3v) is 9.20. The molecule has 2 N–H and O–H groups in total. The molecule has 1 saturated heterocycles. The number of ether oxygens (including phenoxy) is 2. The van der Waals surface area contributed by atoms with Gasteiger partial charge in [0.25, 0.3) is 10.0 Å². The van der Waals surface area contributed by atoms with E-state index in [1.165, 1.54) is 28.4 Å². The number of carboxylic acid groups (broad SMARTS) is 1. The van der Waals surface area contributed by atoms with Gasteiger partial charge in [0.2, 0.25) is 0 Å². The highest BCUT2D eigenvalue weighted by molar-refractivity contribution is 7.92. The smallest absolute Gasteiger partial charge is 0.407 e. The summed E-state index contributed by atoms with van der Waals surface area (Å²) in [5, 5.41) is 20.8. The number of aryl methyl sites for hydroxylation is 1. The van der Waals surface area contributed by atoms with E-state index < -0.39 is 21.7 Å². The van der Waals surface area contributed by atoms with Gasteiger partial charge in [0.1, 0.15) is 11.5 Å². The molecule has 10 heteroatoms. The van der Waals surface area contributed by atoms with Crippen LogP contribution in [0.1, 0.15) is 58.9 Å². The van der Waals surface area contributed by atoms with Gasteiger partial charge in [-0.3, -0.25) is 4.31 Å². The first-order valence-electron chi connectivity index (χ1n) is 13.5. The third-order valence-electron chi connectivity index (χ3n) is 7.40. The fourth-order valence-corrected chi connectivity index (χ4v) is 6.63. The third kappa shape index (κ3) is 7.36. The second-order valence-electron chi connectivity index (χ2n) is 10.7. The van der Waals surface area contributed by atoms with Crippen LogP contribution in [0, 0.1) is 5.92 Å². The maximum absolute atomic E-state index is 13.6. The van der Waals surface area contributed by atoms with Gasteiger partial charge in [-0.05, 0) is 86.9 Å². The molecular formula is C29H42N2O7S. The number of hydrogen-bond donors (Lipinski definition) is 2. The predicted octanol–water partition coefficient (Wildman–Crippen LogP) is 5.51. The zero-order valence-corrected chi connectivity index (χ0v) is 24.4. The number of amides is 1. The van der Waals surface area contributed by atoms with Crippen molar-refractivity contribution in [3.05, 3.63) is 48.0 Å². The van der Waals surface area contributed by atoms with Crippen LogP contribution < -0.4 is 9.04 Å². The van der Waals surface area contributed by atoms with Gasteiger partial charge in [0.15, 0.2) is 0 Å². The lowest BCUT2D eigenvalue weighted by Crippen LogP contribution is -2.48. The van der Waals surface area contributed by atoms with E-state index in [0.717, 1.165) is 24.8 Å². The van der Waals surface area contributed by atoms with Crippen LogP contribution >= 0.6 is 0 Å². The van der Waals surface area contributed by atoms with E-state index in [2.05, 4.69) is 0 Å². The summed E-state index contributed by atoms with van der Waals surface area (Å²) in [6.45, 7) is 8.91. The molecule has 39 heavy (non-hydrogen) atoms. The van der Waals surface area contributed by atoms with Gasteiger partial charge in [-0.2, -0.15) is 0 Å². The minimum Gasteiger partial charge on any atom is -0.506 e. The maximum atomic E-state index is 13.6. The summed E-state index contributed by atoms with van der Waals surface area (Å²) >= 11 is 0. The molecule has 2 atom stereocenters. The number of carbonyl (C=O) groups is 1. The molecule has 1 aliphatic heterocycles. The summed E-state index contributed by atoms with van der Waals surface area (Å²) in [7, 11) is -2.43. The number of sulfonamides is 1. The zero-order valence-electron chi connectivity index (χ0n) is 23.6. The Morgan fingerprint density at radius 1 is 1.15 bits per heavy atom. The normalized spacial score (nSPS) is 18.2. The molecule has 0 radical (unpaired) electrons. The van der Waals surface area contributed by atoms with Crippen LogP contribution in [0.15, 0.2) is 47.4 Å². The Morgan fingerprint density at radius 2 is 1.85 bits per heavy atom. The molecule has 1 unspecified atom stereocenters. The van der Waals surface area contributed by atoms with Gasteiger partial charge in [-0.15, -0.1) is 0 Å². The van der Waals surface area contributed by atoms with Crippen molar-refractivity contribution in [2.75, 3.05) is 31.1 Å². The van der Waals surface area contributed by atoms with Gasteiger partial charge in [0.05, 0.1) is 29.8 Å². The topological polar surface area (TPSA) is 117 Å². The predicted molar refractivity (Wildman–Crippen MR) is 151 cm³/mol. The van der Waals surface area contributed by atoms with Crippen LogP contribution in [-0.2, 0) is 21.2 Å². The summed E-state index contributed by atoms with van der Waals surface area (Å²) in [4.78, 5) is 13.6. The van der Waals surface area contributed by atoms with Crippen LogP contribution in [0.5, 0.6) is 11.5 Å². The number of nitrogens with zero attached hydrogens (tertiary/aromatic N) is 2. The van der Waals surface area contributed by atoms with Crippen LogP contribution in [-0.4, -0.2) is 68.1 Å². The van der Waals surface area contributed by atoms with E-state index >= 15 is 0 Å². The molecule has 2 aromatic rings. The standard InChI is InChI=1S/C29H42N2O7S/c1-6-29(16-7-17-38-29)20-30(28(33)34)22(4)8-9-23-10-15-26(27(32)18-23)31(19-21(2)3)39(35,36)25-13-11-24(37-5)12-14-25/h10-15,18,21-22,32H,6-9,16-17,19-20H2,1-5H3,(H,33,34)/t22-,29?/m0/s1. The molecule has 1 aliphatic rings. The SMILES string of the molecule is CCC1(CN(C(=O)O)[C@@H](C)CCc2ccc(N(CC(C)C)S(=O)(=O)c3ccc(OC)cc3)c(O)c2)CCCO1. The molecule has 216 valence electrons. The average molecular weight is 563 g/mol. The van der Waals surface area contributed by atoms with E-state index in [0.29, 0.717) is 31.7 Å². The molecule has 3 rings (SSSR count). The molecule has 0 spiro atoms. The van der Waals surface area contributed by atoms with E-state index in [9.17, 15) is 23.4 Å². The molecule has 0 aromatic heterocycles. The second-order valence-corrected chi connectivity index (χ2v) is 12.6. The Labute approximate surface area is 232 Å². The molecule has 9 nitrogen and oxygen atoms in total.